The largest absolute Gasteiger partial charge is 0.467 e. The molecule has 166 valence electrons. The molecule has 6 atom stereocenters. The third-order valence-corrected chi connectivity index (χ3v) is 8.25. The van der Waals surface area contributed by atoms with E-state index in [0.29, 0.717) is 12.1 Å². The van der Waals surface area contributed by atoms with Gasteiger partial charge in [0.2, 0.25) is 5.60 Å². The average Bonchev–Trinajstić information content (AvgIpc) is 3.51. The molecule has 2 aromatic carbocycles. The third kappa shape index (κ3) is 1.83. The molecular weight excluding hydrogens is 410 g/mol. The molecule has 2 aromatic rings. The fourth-order valence-corrected chi connectivity index (χ4v) is 7.48. The molecule has 7 heteroatoms. The van der Waals surface area contributed by atoms with E-state index >= 15 is 0 Å². The van der Waals surface area contributed by atoms with Gasteiger partial charge in [-0.15, -0.1) is 0 Å². The Labute approximate surface area is 185 Å². The number of ether oxygens (including phenoxy) is 4. The predicted octanol–water partition coefficient (Wildman–Crippen LogP) is 2.75. The number of Topliss-reactive ketones (excluding diaryl/α,β-unsaturated/α-hetero) is 1. The van der Waals surface area contributed by atoms with Crippen molar-refractivity contribution in [2.24, 2.45) is 5.92 Å². The number of rotatable bonds is 1. The number of esters is 1. The molecule has 4 heterocycles. The van der Waals surface area contributed by atoms with Crippen LogP contribution in [0.5, 0.6) is 0 Å². The second kappa shape index (κ2) is 5.78. The van der Waals surface area contributed by atoms with Gasteiger partial charge in [-0.05, 0) is 49.6 Å². The molecule has 0 N–H and O–H groups in total. The Hall–Kier alpha value is -2.32. The van der Waals surface area contributed by atoms with Crippen molar-refractivity contribution in [3.8, 4) is 0 Å². The van der Waals surface area contributed by atoms with Gasteiger partial charge >= 0.3 is 5.97 Å². The summed E-state index contributed by atoms with van der Waals surface area (Å²) in [6.07, 6.45) is 0.622. The Morgan fingerprint density at radius 2 is 1.91 bits per heavy atom. The fourth-order valence-electron chi connectivity index (χ4n) is 7.48. The number of benzene rings is 2. The number of nitrogens with zero attached hydrogens (tertiary/aromatic N) is 1. The van der Waals surface area contributed by atoms with E-state index in [1.807, 2.05) is 50.2 Å². The van der Waals surface area contributed by atoms with Gasteiger partial charge in [0.05, 0.1) is 7.11 Å². The third-order valence-electron chi connectivity index (χ3n) is 8.25. The highest BCUT2D eigenvalue weighted by atomic mass is 16.8. The Morgan fingerprint density at radius 1 is 1.12 bits per heavy atom. The molecular formula is C25H25NO6. The molecule has 5 aliphatic rings. The summed E-state index contributed by atoms with van der Waals surface area (Å²) in [6, 6.07) is 11.7. The summed E-state index contributed by atoms with van der Waals surface area (Å²) in [6.45, 7) is 4.41. The first-order valence-corrected chi connectivity index (χ1v) is 11.3. The standard InChI is InChI=1S/C25H25NO6/c1-23(2)30-19-18-16-11-6-12-26(16)24(25(18,22(28)29-3)32-21(19)31-23)15-10-5-8-13-7-4-9-14(17(13)15)20(24)27/h4-5,7-10,16,18-19,21H,6,11-12H2,1-3H3/t16-,18+,19+,21-,24-,25+/m0/s1. The summed E-state index contributed by atoms with van der Waals surface area (Å²) in [5.41, 5.74) is -1.37. The highest BCUT2D eigenvalue weighted by molar-refractivity contribution is 6.23. The summed E-state index contributed by atoms with van der Waals surface area (Å²) in [4.78, 5) is 30.4. The second-order valence-corrected chi connectivity index (χ2v) is 9.99. The summed E-state index contributed by atoms with van der Waals surface area (Å²) >= 11 is 0. The van der Waals surface area contributed by atoms with Crippen LogP contribution >= 0.6 is 0 Å². The quantitative estimate of drug-likeness (QED) is 0.638. The first-order valence-electron chi connectivity index (χ1n) is 11.3. The van der Waals surface area contributed by atoms with Gasteiger partial charge in [-0.25, -0.2) is 4.79 Å². The van der Waals surface area contributed by atoms with E-state index < -0.39 is 35.3 Å². The minimum Gasteiger partial charge on any atom is -0.467 e. The number of hydrogen-bond acceptors (Lipinski definition) is 7. The van der Waals surface area contributed by atoms with E-state index in [1.165, 1.54) is 7.11 Å². The zero-order valence-electron chi connectivity index (χ0n) is 18.3. The molecule has 4 fully saturated rings. The van der Waals surface area contributed by atoms with E-state index in [2.05, 4.69) is 4.90 Å². The molecule has 4 aliphatic heterocycles. The van der Waals surface area contributed by atoms with Gasteiger partial charge in [0.15, 0.2) is 23.4 Å². The van der Waals surface area contributed by atoms with Crippen molar-refractivity contribution >= 4 is 22.5 Å². The van der Waals surface area contributed by atoms with Crippen molar-refractivity contribution in [2.75, 3.05) is 13.7 Å². The minimum atomic E-state index is -1.54. The van der Waals surface area contributed by atoms with Crippen LogP contribution in [0.4, 0.5) is 0 Å². The maximum atomic E-state index is 14.4. The summed E-state index contributed by atoms with van der Waals surface area (Å²) in [7, 11) is 1.36. The van der Waals surface area contributed by atoms with E-state index in [0.717, 1.165) is 29.2 Å². The Balaban J connectivity index is 1.56. The number of ketones is 1. The van der Waals surface area contributed by atoms with E-state index in [-0.39, 0.29) is 17.7 Å². The molecule has 32 heavy (non-hydrogen) atoms. The highest BCUT2D eigenvalue weighted by Gasteiger charge is 2.85. The smallest absolute Gasteiger partial charge is 0.341 e. The molecule has 7 rings (SSSR count). The predicted molar refractivity (Wildman–Crippen MR) is 113 cm³/mol. The molecule has 7 nitrogen and oxygen atoms in total. The molecule has 0 unspecified atom stereocenters. The van der Waals surface area contributed by atoms with Crippen molar-refractivity contribution in [1.82, 2.24) is 4.90 Å². The zero-order chi connectivity index (χ0) is 22.0. The number of fused-ring (bicyclic) bond motifs is 8. The van der Waals surface area contributed by atoms with Gasteiger partial charge in [-0.1, -0.05) is 36.4 Å². The molecule has 0 amide bonds. The average molecular weight is 435 g/mol. The highest BCUT2D eigenvalue weighted by Crippen LogP contribution is 2.67. The lowest BCUT2D eigenvalue weighted by Crippen LogP contribution is -2.64. The van der Waals surface area contributed by atoms with Crippen LogP contribution in [0.3, 0.4) is 0 Å². The second-order valence-electron chi connectivity index (χ2n) is 9.99. The zero-order valence-corrected chi connectivity index (χ0v) is 18.3. The van der Waals surface area contributed by atoms with Crippen molar-refractivity contribution in [1.29, 1.82) is 0 Å². The van der Waals surface area contributed by atoms with Crippen LogP contribution in [0.1, 0.15) is 42.6 Å². The van der Waals surface area contributed by atoms with Gasteiger partial charge in [-0.2, -0.15) is 0 Å². The summed E-state index contributed by atoms with van der Waals surface area (Å²) in [5.74, 6) is -1.82. The van der Waals surface area contributed by atoms with Crippen molar-refractivity contribution in [2.45, 2.75) is 62.1 Å². The van der Waals surface area contributed by atoms with E-state index in [4.69, 9.17) is 18.9 Å². The van der Waals surface area contributed by atoms with Gasteiger partial charge in [-0.3, -0.25) is 9.69 Å². The molecule has 1 aliphatic carbocycles. The monoisotopic (exact) mass is 435 g/mol. The van der Waals surface area contributed by atoms with Crippen LogP contribution < -0.4 is 0 Å². The summed E-state index contributed by atoms with van der Waals surface area (Å²) in [5, 5.41) is 1.88. The Bertz CT molecular complexity index is 1200. The molecule has 0 saturated carbocycles. The van der Waals surface area contributed by atoms with Crippen LogP contribution in [0.25, 0.3) is 10.8 Å². The summed E-state index contributed by atoms with van der Waals surface area (Å²) < 4.78 is 24.4. The first kappa shape index (κ1) is 19.2. The Morgan fingerprint density at radius 3 is 2.69 bits per heavy atom. The molecule has 1 spiro atoms. The van der Waals surface area contributed by atoms with Gasteiger partial charge in [0.1, 0.15) is 6.10 Å². The number of carbonyl (C=O) groups excluding carboxylic acids is 2. The van der Waals surface area contributed by atoms with E-state index in [1.54, 1.807) is 0 Å². The van der Waals surface area contributed by atoms with Gasteiger partial charge < -0.3 is 18.9 Å². The lowest BCUT2D eigenvalue weighted by molar-refractivity contribution is -0.245. The van der Waals surface area contributed by atoms with Crippen LogP contribution in [-0.4, -0.2) is 60.1 Å². The maximum Gasteiger partial charge on any atom is 0.341 e. The lowest BCUT2D eigenvalue weighted by Gasteiger charge is -2.44. The van der Waals surface area contributed by atoms with Gasteiger partial charge in [0, 0.05) is 17.5 Å². The normalized spacial score (nSPS) is 40.8. The molecule has 0 radical (unpaired) electrons. The topological polar surface area (TPSA) is 74.3 Å². The molecule has 0 aromatic heterocycles. The minimum absolute atomic E-state index is 0.0462. The van der Waals surface area contributed by atoms with Crippen molar-refractivity contribution in [3.63, 3.8) is 0 Å². The van der Waals surface area contributed by atoms with Crippen molar-refractivity contribution < 1.29 is 28.5 Å². The maximum absolute atomic E-state index is 14.4. The number of carbonyl (C=O) groups is 2. The first-order chi connectivity index (χ1) is 15.4. The van der Waals surface area contributed by atoms with Gasteiger partial charge in [0.25, 0.3) is 0 Å². The lowest BCUT2D eigenvalue weighted by atomic mass is 9.68. The molecule has 4 saturated heterocycles. The van der Waals surface area contributed by atoms with Crippen LogP contribution in [0.15, 0.2) is 36.4 Å². The van der Waals surface area contributed by atoms with Crippen LogP contribution in [0, 0.1) is 5.92 Å². The Kier molecular flexibility index (Phi) is 3.46. The van der Waals surface area contributed by atoms with Crippen LogP contribution in [-0.2, 0) is 29.3 Å². The SMILES string of the molecule is COC(=O)[C@]12O[C@@H]3OC(C)(C)O[C@@H]3[C@H]1[C@@H]1CCCN1[C@@]21C(=O)c2cccc3cccc1c23. The molecule has 0 bridgehead atoms. The van der Waals surface area contributed by atoms with E-state index in [9.17, 15) is 9.59 Å². The van der Waals surface area contributed by atoms with Crippen molar-refractivity contribution in [3.05, 3.63) is 47.5 Å². The van der Waals surface area contributed by atoms with Crippen LogP contribution in [0.2, 0.25) is 0 Å². The number of methoxy groups -OCH3 is 1. The number of hydrogen-bond donors (Lipinski definition) is 0. The fraction of sp³-hybridized carbons (Fsp3) is 0.520.